The second-order valence-corrected chi connectivity index (χ2v) is 7.08. The SMILES string of the molecule is CC(Nc1cccc(COCC2CC2)c1)C(=O)Nc1ccc2c(c1)OCO2. The van der Waals surface area contributed by atoms with E-state index in [-0.39, 0.29) is 12.7 Å². The fourth-order valence-electron chi connectivity index (χ4n) is 2.92. The molecule has 2 aromatic rings. The summed E-state index contributed by atoms with van der Waals surface area (Å²) in [5.74, 6) is 1.97. The summed E-state index contributed by atoms with van der Waals surface area (Å²) in [6, 6.07) is 13.0. The molecule has 0 spiro atoms. The van der Waals surface area contributed by atoms with Gasteiger partial charge in [0.25, 0.3) is 0 Å². The summed E-state index contributed by atoms with van der Waals surface area (Å²) < 4.78 is 16.4. The van der Waals surface area contributed by atoms with Crippen LogP contribution in [0, 0.1) is 5.92 Å². The molecule has 4 rings (SSSR count). The minimum absolute atomic E-state index is 0.121. The van der Waals surface area contributed by atoms with Gasteiger partial charge in [-0.05, 0) is 55.5 Å². The Morgan fingerprint density at radius 3 is 2.85 bits per heavy atom. The minimum Gasteiger partial charge on any atom is -0.454 e. The highest BCUT2D eigenvalue weighted by Gasteiger charge is 2.21. The first-order chi connectivity index (χ1) is 13.2. The van der Waals surface area contributed by atoms with Gasteiger partial charge < -0.3 is 24.8 Å². The highest BCUT2D eigenvalue weighted by molar-refractivity contribution is 5.96. The number of benzene rings is 2. The first-order valence-corrected chi connectivity index (χ1v) is 9.31. The molecule has 2 N–H and O–H groups in total. The van der Waals surface area contributed by atoms with Gasteiger partial charge in [-0.1, -0.05) is 12.1 Å². The molecule has 27 heavy (non-hydrogen) atoms. The van der Waals surface area contributed by atoms with Crippen LogP contribution >= 0.6 is 0 Å². The van der Waals surface area contributed by atoms with Crippen molar-refractivity contribution in [2.75, 3.05) is 24.0 Å². The molecule has 2 aliphatic rings. The Bertz CT molecular complexity index is 820. The van der Waals surface area contributed by atoms with Crippen LogP contribution in [0.25, 0.3) is 0 Å². The van der Waals surface area contributed by atoms with Gasteiger partial charge in [0.1, 0.15) is 6.04 Å². The number of hydrogen-bond acceptors (Lipinski definition) is 5. The molecule has 1 unspecified atom stereocenters. The molecule has 6 heteroatoms. The molecule has 1 saturated carbocycles. The summed E-state index contributed by atoms with van der Waals surface area (Å²) in [5.41, 5.74) is 2.68. The Morgan fingerprint density at radius 2 is 2.00 bits per heavy atom. The van der Waals surface area contributed by atoms with E-state index in [9.17, 15) is 4.79 Å². The predicted molar refractivity (Wildman–Crippen MR) is 103 cm³/mol. The summed E-state index contributed by atoms with van der Waals surface area (Å²) in [7, 11) is 0. The third-order valence-electron chi connectivity index (χ3n) is 4.66. The zero-order valence-electron chi connectivity index (χ0n) is 15.4. The van der Waals surface area contributed by atoms with Crippen molar-refractivity contribution < 1.29 is 19.0 Å². The zero-order valence-corrected chi connectivity index (χ0v) is 15.4. The third kappa shape index (κ3) is 4.71. The van der Waals surface area contributed by atoms with Crippen LogP contribution < -0.4 is 20.1 Å². The van der Waals surface area contributed by atoms with Crippen molar-refractivity contribution in [2.24, 2.45) is 5.92 Å². The molecule has 1 heterocycles. The highest BCUT2D eigenvalue weighted by atomic mass is 16.7. The molecule has 2 aromatic carbocycles. The Morgan fingerprint density at radius 1 is 1.15 bits per heavy atom. The number of rotatable bonds is 8. The summed E-state index contributed by atoms with van der Waals surface area (Å²) in [4.78, 5) is 12.5. The van der Waals surface area contributed by atoms with Gasteiger partial charge in [0.2, 0.25) is 12.7 Å². The third-order valence-corrected chi connectivity index (χ3v) is 4.66. The first-order valence-electron chi connectivity index (χ1n) is 9.31. The number of nitrogens with one attached hydrogen (secondary N) is 2. The van der Waals surface area contributed by atoms with Crippen molar-refractivity contribution in [3.8, 4) is 11.5 Å². The predicted octanol–water partition coefficient (Wildman–Crippen LogP) is 3.78. The normalized spacial score (nSPS) is 16.0. The molecule has 0 radical (unpaired) electrons. The molecule has 1 amide bonds. The smallest absolute Gasteiger partial charge is 0.246 e. The number of fused-ring (bicyclic) bond motifs is 1. The molecule has 1 fully saturated rings. The Balaban J connectivity index is 1.31. The van der Waals surface area contributed by atoms with Crippen LogP contribution in [0.3, 0.4) is 0 Å². The molecule has 0 bridgehead atoms. The number of amides is 1. The lowest BCUT2D eigenvalue weighted by atomic mass is 10.2. The minimum atomic E-state index is -0.391. The van der Waals surface area contributed by atoms with Crippen molar-refractivity contribution in [3.63, 3.8) is 0 Å². The number of ether oxygens (including phenoxy) is 3. The maximum absolute atomic E-state index is 12.5. The van der Waals surface area contributed by atoms with Gasteiger partial charge in [0, 0.05) is 24.0 Å². The molecule has 0 aromatic heterocycles. The van der Waals surface area contributed by atoms with E-state index in [1.54, 1.807) is 18.2 Å². The average Bonchev–Trinajstić information content (AvgIpc) is 3.37. The van der Waals surface area contributed by atoms with Crippen LogP contribution in [-0.4, -0.2) is 25.3 Å². The quantitative estimate of drug-likeness (QED) is 0.742. The number of carbonyl (C=O) groups excluding carboxylic acids is 1. The van der Waals surface area contributed by atoms with E-state index in [0.717, 1.165) is 23.8 Å². The second kappa shape index (κ2) is 7.88. The molecule has 1 aliphatic heterocycles. The summed E-state index contributed by atoms with van der Waals surface area (Å²) in [5, 5.41) is 6.14. The van der Waals surface area contributed by atoms with Crippen LogP contribution in [-0.2, 0) is 16.1 Å². The molecular formula is C21H24N2O4. The Hall–Kier alpha value is -2.73. The highest BCUT2D eigenvalue weighted by Crippen LogP contribution is 2.34. The van der Waals surface area contributed by atoms with Gasteiger partial charge in [0.05, 0.1) is 6.61 Å². The topological polar surface area (TPSA) is 68.8 Å². The average molecular weight is 368 g/mol. The van der Waals surface area contributed by atoms with Gasteiger partial charge in [-0.15, -0.1) is 0 Å². The van der Waals surface area contributed by atoms with Crippen LogP contribution in [0.2, 0.25) is 0 Å². The fourth-order valence-corrected chi connectivity index (χ4v) is 2.92. The van der Waals surface area contributed by atoms with Crippen molar-refractivity contribution in [1.29, 1.82) is 0 Å². The van der Waals surface area contributed by atoms with E-state index < -0.39 is 6.04 Å². The largest absolute Gasteiger partial charge is 0.454 e. The van der Waals surface area contributed by atoms with E-state index in [1.165, 1.54) is 12.8 Å². The van der Waals surface area contributed by atoms with E-state index in [0.29, 0.717) is 23.8 Å². The lowest BCUT2D eigenvalue weighted by molar-refractivity contribution is -0.116. The van der Waals surface area contributed by atoms with Gasteiger partial charge in [0.15, 0.2) is 11.5 Å². The van der Waals surface area contributed by atoms with Gasteiger partial charge in [-0.2, -0.15) is 0 Å². The monoisotopic (exact) mass is 368 g/mol. The summed E-state index contributed by atoms with van der Waals surface area (Å²) >= 11 is 0. The molecular weight excluding hydrogens is 344 g/mol. The fraction of sp³-hybridized carbons (Fsp3) is 0.381. The number of anilines is 2. The van der Waals surface area contributed by atoms with Crippen molar-refractivity contribution in [2.45, 2.75) is 32.4 Å². The van der Waals surface area contributed by atoms with Crippen LogP contribution in [0.15, 0.2) is 42.5 Å². The van der Waals surface area contributed by atoms with Gasteiger partial charge in [-0.25, -0.2) is 0 Å². The van der Waals surface area contributed by atoms with Crippen LogP contribution in [0.4, 0.5) is 11.4 Å². The lowest BCUT2D eigenvalue weighted by Crippen LogP contribution is -2.31. The van der Waals surface area contributed by atoms with Crippen molar-refractivity contribution >= 4 is 17.3 Å². The van der Waals surface area contributed by atoms with E-state index in [2.05, 4.69) is 10.6 Å². The maximum atomic E-state index is 12.5. The first kappa shape index (κ1) is 17.7. The molecule has 0 saturated heterocycles. The van der Waals surface area contributed by atoms with Crippen molar-refractivity contribution in [3.05, 3.63) is 48.0 Å². The van der Waals surface area contributed by atoms with Gasteiger partial charge in [-0.3, -0.25) is 4.79 Å². The molecule has 6 nitrogen and oxygen atoms in total. The zero-order chi connectivity index (χ0) is 18.6. The van der Waals surface area contributed by atoms with E-state index in [4.69, 9.17) is 14.2 Å². The number of carbonyl (C=O) groups is 1. The number of hydrogen-bond donors (Lipinski definition) is 2. The maximum Gasteiger partial charge on any atom is 0.246 e. The van der Waals surface area contributed by atoms with Crippen LogP contribution in [0.1, 0.15) is 25.3 Å². The molecule has 142 valence electrons. The lowest BCUT2D eigenvalue weighted by Gasteiger charge is -2.16. The molecule has 1 atom stereocenters. The Kier molecular flexibility index (Phi) is 5.16. The standard InChI is InChI=1S/C21H24N2O4/c1-14(21(24)23-18-7-8-19-20(10-18)27-13-26-19)22-17-4-2-3-16(9-17)12-25-11-15-5-6-15/h2-4,7-10,14-15,22H,5-6,11-13H2,1H3,(H,23,24). The van der Waals surface area contributed by atoms with Gasteiger partial charge >= 0.3 is 0 Å². The van der Waals surface area contributed by atoms with E-state index >= 15 is 0 Å². The second-order valence-electron chi connectivity index (χ2n) is 7.08. The van der Waals surface area contributed by atoms with Crippen molar-refractivity contribution in [1.82, 2.24) is 0 Å². The summed E-state index contributed by atoms with van der Waals surface area (Å²) in [6.45, 7) is 3.49. The Labute approximate surface area is 158 Å². The van der Waals surface area contributed by atoms with Crippen LogP contribution in [0.5, 0.6) is 11.5 Å². The molecule has 1 aliphatic carbocycles. The summed E-state index contributed by atoms with van der Waals surface area (Å²) in [6.07, 6.45) is 2.58. The van der Waals surface area contributed by atoms with E-state index in [1.807, 2.05) is 31.2 Å².